The van der Waals surface area contributed by atoms with Gasteiger partial charge in [0.2, 0.25) is 5.91 Å². The molecule has 1 atom stereocenters. The standard InChI is InChI=1S/C19H27FN2O2/c1-3-9-19(15-23)10-4-11-22(14-19)18(24)13-21(2)12-16-5-7-17(20)8-6-16/h3,5-8,23H,1,4,9-15H2,2H3/t19-/m1/s1. The third-order valence-corrected chi connectivity index (χ3v) is 4.70. The van der Waals surface area contributed by atoms with E-state index < -0.39 is 0 Å². The van der Waals surface area contributed by atoms with Crippen LogP contribution in [-0.4, -0.2) is 54.1 Å². The number of amides is 1. The molecule has 0 bridgehead atoms. The summed E-state index contributed by atoms with van der Waals surface area (Å²) < 4.78 is 12.9. The highest BCUT2D eigenvalue weighted by Gasteiger charge is 2.35. The van der Waals surface area contributed by atoms with Gasteiger partial charge in [0, 0.05) is 25.0 Å². The van der Waals surface area contributed by atoms with E-state index in [9.17, 15) is 14.3 Å². The van der Waals surface area contributed by atoms with E-state index in [0.29, 0.717) is 19.6 Å². The molecule has 2 rings (SSSR count). The van der Waals surface area contributed by atoms with E-state index in [1.807, 2.05) is 22.9 Å². The number of carbonyl (C=O) groups is 1. The monoisotopic (exact) mass is 334 g/mol. The van der Waals surface area contributed by atoms with Crippen LogP contribution >= 0.6 is 0 Å². The lowest BCUT2D eigenvalue weighted by atomic mass is 9.78. The van der Waals surface area contributed by atoms with E-state index in [0.717, 1.165) is 31.4 Å². The second kappa shape index (κ2) is 8.40. The van der Waals surface area contributed by atoms with Crippen LogP contribution in [0.25, 0.3) is 0 Å². The highest BCUT2D eigenvalue weighted by molar-refractivity contribution is 5.78. The second-order valence-corrected chi connectivity index (χ2v) is 6.87. The zero-order chi connectivity index (χ0) is 17.6. The summed E-state index contributed by atoms with van der Waals surface area (Å²) in [6, 6.07) is 6.33. The fraction of sp³-hybridized carbons (Fsp3) is 0.526. The largest absolute Gasteiger partial charge is 0.396 e. The third-order valence-electron chi connectivity index (χ3n) is 4.70. The van der Waals surface area contributed by atoms with Crippen LogP contribution in [-0.2, 0) is 11.3 Å². The summed E-state index contributed by atoms with van der Waals surface area (Å²) in [5.41, 5.74) is 0.729. The molecule has 24 heavy (non-hydrogen) atoms. The van der Waals surface area contributed by atoms with Gasteiger partial charge in [-0.3, -0.25) is 9.69 Å². The highest BCUT2D eigenvalue weighted by Crippen LogP contribution is 2.33. The number of aliphatic hydroxyl groups is 1. The van der Waals surface area contributed by atoms with Crippen LogP contribution < -0.4 is 0 Å². The van der Waals surface area contributed by atoms with Gasteiger partial charge in [-0.1, -0.05) is 18.2 Å². The average molecular weight is 334 g/mol. The number of hydrogen-bond donors (Lipinski definition) is 1. The summed E-state index contributed by atoms with van der Waals surface area (Å²) in [5, 5.41) is 9.74. The van der Waals surface area contributed by atoms with Gasteiger partial charge in [0.15, 0.2) is 0 Å². The Morgan fingerprint density at radius 1 is 1.46 bits per heavy atom. The van der Waals surface area contributed by atoms with Gasteiger partial charge in [0.05, 0.1) is 13.2 Å². The number of rotatable bonds is 7. The van der Waals surface area contributed by atoms with E-state index in [1.165, 1.54) is 12.1 Å². The molecule has 1 aliphatic rings. The molecule has 0 aliphatic carbocycles. The molecule has 0 spiro atoms. The molecule has 1 heterocycles. The lowest BCUT2D eigenvalue weighted by molar-refractivity contribution is -0.136. The van der Waals surface area contributed by atoms with Gasteiger partial charge in [-0.2, -0.15) is 0 Å². The maximum Gasteiger partial charge on any atom is 0.236 e. The summed E-state index contributed by atoms with van der Waals surface area (Å²) in [6.07, 6.45) is 4.37. The molecule has 1 amide bonds. The number of aliphatic hydroxyl groups excluding tert-OH is 1. The van der Waals surface area contributed by atoms with Crippen molar-refractivity contribution in [1.29, 1.82) is 0 Å². The Bertz CT molecular complexity index is 561. The van der Waals surface area contributed by atoms with Gasteiger partial charge in [-0.15, -0.1) is 6.58 Å². The molecule has 0 saturated carbocycles. The van der Waals surface area contributed by atoms with Crippen molar-refractivity contribution in [3.05, 3.63) is 48.3 Å². The molecular weight excluding hydrogens is 307 g/mol. The quantitative estimate of drug-likeness (QED) is 0.779. The first-order valence-corrected chi connectivity index (χ1v) is 8.40. The molecule has 1 aliphatic heterocycles. The zero-order valence-corrected chi connectivity index (χ0v) is 14.4. The molecule has 0 aromatic heterocycles. The van der Waals surface area contributed by atoms with Gasteiger partial charge in [0.25, 0.3) is 0 Å². The Kier molecular flexibility index (Phi) is 6.52. The smallest absolute Gasteiger partial charge is 0.236 e. The van der Waals surface area contributed by atoms with Crippen LogP contribution in [0.5, 0.6) is 0 Å². The molecule has 132 valence electrons. The first-order valence-electron chi connectivity index (χ1n) is 8.40. The van der Waals surface area contributed by atoms with Crippen LogP contribution in [0.4, 0.5) is 4.39 Å². The van der Waals surface area contributed by atoms with Crippen molar-refractivity contribution >= 4 is 5.91 Å². The fourth-order valence-corrected chi connectivity index (χ4v) is 3.38. The summed E-state index contributed by atoms with van der Waals surface area (Å²) >= 11 is 0. The van der Waals surface area contributed by atoms with Crippen molar-refractivity contribution in [1.82, 2.24) is 9.80 Å². The number of carbonyl (C=O) groups excluding carboxylic acids is 1. The van der Waals surface area contributed by atoms with E-state index in [-0.39, 0.29) is 23.7 Å². The number of allylic oxidation sites excluding steroid dienone is 1. The summed E-state index contributed by atoms with van der Waals surface area (Å²) in [6.45, 7) is 6.07. The Balaban J connectivity index is 1.90. The minimum Gasteiger partial charge on any atom is -0.396 e. The van der Waals surface area contributed by atoms with Crippen molar-refractivity contribution in [3.8, 4) is 0 Å². The van der Waals surface area contributed by atoms with E-state index in [4.69, 9.17) is 0 Å². The second-order valence-electron chi connectivity index (χ2n) is 6.87. The maximum absolute atomic E-state index is 12.9. The molecule has 1 aromatic rings. The van der Waals surface area contributed by atoms with Gasteiger partial charge in [-0.25, -0.2) is 4.39 Å². The fourth-order valence-electron chi connectivity index (χ4n) is 3.38. The highest BCUT2D eigenvalue weighted by atomic mass is 19.1. The Labute approximate surface area is 143 Å². The number of nitrogens with zero attached hydrogens (tertiary/aromatic N) is 2. The summed E-state index contributed by atoms with van der Waals surface area (Å²) in [7, 11) is 1.88. The van der Waals surface area contributed by atoms with Crippen LogP contribution in [0.2, 0.25) is 0 Å². The average Bonchev–Trinajstić information content (AvgIpc) is 2.57. The summed E-state index contributed by atoms with van der Waals surface area (Å²) in [4.78, 5) is 16.4. The van der Waals surface area contributed by atoms with Crippen LogP contribution in [0.15, 0.2) is 36.9 Å². The molecule has 5 heteroatoms. The van der Waals surface area contributed by atoms with Crippen LogP contribution in [0.1, 0.15) is 24.8 Å². The normalized spacial score (nSPS) is 21.1. The van der Waals surface area contributed by atoms with Crippen molar-refractivity contribution in [2.24, 2.45) is 5.41 Å². The molecule has 1 saturated heterocycles. The Morgan fingerprint density at radius 3 is 2.79 bits per heavy atom. The minimum absolute atomic E-state index is 0.0706. The minimum atomic E-state index is -0.256. The summed E-state index contributed by atoms with van der Waals surface area (Å²) in [5.74, 6) is -0.186. The first-order chi connectivity index (χ1) is 11.5. The van der Waals surface area contributed by atoms with Gasteiger partial charge < -0.3 is 10.0 Å². The SMILES string of the molecule is C=CC[C@@]1(CO)CCCN(C(=O)CN(C)Cc2ccc(F)cc2)C1. The Hall–Kier alpha value is -1.72. The van der Waals surface area contributed by atoms with E-state index in [1.54, 1.807) is 12.1 Å². The zero-order valence-electron chi connectivity index (χ0n) is 14.4. The van der Waals surface area contributed by atoms with Crippen molar-refractivity contribution < 1.29 is 14.3 Å². The van der Waals surface area contributed by atoms with Gasteiger partial charge in [-0.05, 0) is 44.0 Å². The number of hydrogen-bond acceptors (Lipinski definition) is 3. The maximum atomic E-state index is 12.9. The number of piperidine rings is 1. The van der Waals surface area contributed by atoms with Crippen LogP contribution in [0, 0.1) is 11.2 Å². The third kappa shape index (κ3) is 4.89. The van der Waals surface area contributed by atoms with Crippen LogP contribution in [0.3, 0.4) is 0 Å². The topological polar surface area (TPSA) is 43.8 Å². The predicted octanol–water partition coefficient (Wildman–Crippen LogP) is 2.43. The van der Waals surface area contributed by atoms with E-state index >= 15 is 0 Å². The molecule has 4 nitrogen and oxygen atoms in total. The van der Waals surface area contributed by atoms with E-state index in [2.05, 4.69) is 6.58 Å². The first kappa shape index (κ1) is 18.6. The molecule has 1 N–H and O–H groups in total. The van der Waals surface area contributed by atoms with Crippen molar-refractivity contribution in [2.75, 3.05) is 33.3 Å². The lowest BCUT2D eigenvalue weighted by Gasteiger charge is -2.41. The number of likely N-dealkylation sites (N-methyl/N-ethyl adjacent to an activating group) is 1. The Morgan fingerprint density at radius 2 is 2.17 bits per heavy atom. The number of halogens is 1. The molecule has 0 unspecified atom stereocenters. The van der Waals surface area contributed by atoms with Gasteiger partial charge >= 0.3 is 0 Å². The molecule has 0 radical (unpaired) electrons. The lowest BCUT2D eigenvalue weighted by Crippen LogP contribution is -2.50. The molecule has 1 aromatic carbocycles. The number of likely N-dealkylation sites (tertiary alicyclic amines) is 1. The number of benzene rings is 1. The van der Waals surface area contributed by atoms with Crippen molar-refractivity contribution in [2.45, 2.75) is 25.8 Å². The molecule has 1 fully saturated rings. The van der Waals surface area contributed by atoms with Crippen molar-refractivity contribution in [3.63, 3.8) is 0 Å². The van der Waals surface area contributed by atoms with Gasteiger partial charge in [0.1, 0.15) is 5.82 Å². The molecular formula is C19H27FN2O2. The predicted molar refractivity (Wildman–Crippen MR) is 92.9 cm³/mol.